The molecule has 0 saturated carbocycles. The third kappa shape index (κ3) is 6.20. The molecule has 0 spiro atoms. The number of methoxy groups -OCH3 is 1. The molecule has 184 valence electrons. The van der Waals surface area contributed by atoms with Crippen LogP contribution in [0.15, 0.2) is 109 Å². The topological polar surface area (TPSA) is 73.3 Å². The minimum absolute atomic E-state index is 0.195. The Kier molecular flexibility index (Phi) is 7.52. The molecule has 0 unspecified atom stereocenters. The first-order valence-corrected chi connectivity index (χ1v) is 12.6. The lowest BCUT2D eigenvalue weighted by molar-refractivity contribution is 0.0942. The maximum Gasteiger partial charge on any atom is 0.298 e. The summed E-state index contributed by atoms with van der Waals surface area (Å²) >= 11 is 1.18. The lowest BCUT2D eigenvalue weighted by Crippen LogP contribution is -2.29. The number of carbonyl (C=O) groups excluding carboxylic acids is 1. The molecule has 1 heterocycles. The number of amides is 1. The Balaban J connectivity index is 1.29. The van der Waals surface area contributed by atoms with Crippen molar-refractivity contribution >= 4 is 17.4 Å². The molecular formula is C30H25N3O3S. The third-order valence-corrected chi connectivity index (χ3v) is 6.42. The molecular weight excluding hydrogens is 482 g/mol. The maximum absolute atomic E-state index is 13.3. The van der Waals surface area contributed by atoms with Crippen molar-refractivity contribution in [1.82, 2.24) is 14.7 Å². The highest BCUT2D eigenvalue weighted by atomic mass is 32.1. The molecule has 0 aliphatic rings. The van der Waals surface area contributed by atoms with E-state index in [1.165, 1.54) is 11.5 Å². The molecule has 1 amide bonds. The van der Waals surface area contributed by atoms with Gasteiger partial charge in [0.25, 0.3) is 11.1 Å². The van der Waals surface area contributed by atoms with E-state index in [-0.39, 0.29) is 11.9 Å². The summed E-state index contributed by atoms with van der Waals surface area (Å²) in [4.78, 5) is 17.8. The van der Waals surface area contributed by atoms with Crippen molar-refractivity contribution < 1.29 is 14.3 Å². The van der Waals surface area contributed by atoms with Gasteiger partial charge in [-0.15, -0.1) is 0 Å². The summed E-state index contributed by atoms with van der Waals surface area (Å²) in [5.41, 5.74) is 3.56. The molecule has 5 aromatic rings. The average Bonchev–Trinajstić information content (AvgIpc) is 3.39. The minimum atomic E-state index is -0.276. The van der Waals surface area contributed by atoms with Crippen molar-refractivity contribution in [2.24, 2.45) is 0 Å². The highest BCUT2D eigenvalue weighted by molar-refractivity contribution is 7.07. The highest BCUT2D eigenvalue weighted by Crippen LogP contribution is 2.26. The number of ether oxygens (including phenoxy) is 2. The molecule has 0 bridgehead atoms. The number of nitrogens with zero attached hydrogens (tertiary/aromatic N) is 2. The first-order valence-electron chi connectivity index (χ1n) is 11.8. The molecule has 1 N–H and O–H groups in total. The number of hydrogen-bond donors (Lipinski definition) is 1. The normalized spacial score (nSPS) is 10.8. The lowest BCUT2D eigenvalue weighted by atomic mass is 9.98. The van der Waals surface area contributed by atoms with Gasteiger partial charge in [-0.3, -0.25) is 4.79 Å². The van der Waals surface area contributed by atoms with Crippen molar-refractivity contribution in [2.75, 3.05) is 7.11 Å². The van der Waals surface area contributed by atoms with Crippen LogP contribution in [0.25, 0.3) is 0 Å². The van der Waals surface area contributed by atoms with Gasteiger partial charge in [0.15, 0.2) is 5.82 Å². The quantitative estimate of drug-likeness (QED) is 0.248. The lowest BCUT2D eigenvalue weighted by Gasteiger charge is -2.20. The van der Waals surface area contributed by atoms with Crippen LogP contribution in [0.5, 0.6) is 16.7 Å². The Labute approximate surface area is 219 Å². The van der Waals surface area contributed by atoms with Gasteiger partial charge < -0.3 is 14.8 Å². The van der Waals surface area contributed by atoms with Crippen LogP contribution < -0.4 is 14.8 Å². The second kappa shape index (κ2) is 11.5. The van der Waals surface area contributed by atoms with Crippen molar-refractivity contribution in [1.29, 1.82) is 0 Å². The monoisotopic (exact) mass is 507 g/mol. The molecule has 0 radical (unpaired) electrons. The van der Waals surface area contributed by atoms with Crippen LogP contribution in [0.4, 0.5) is 0 Å². The third-order valence-electron chi connectivity index (χ3n) is 5.79. The van der Waals surface area contributed by atoms with Gasteiger partial charge in [0, 0.05) is 23.5 Å². The minimum Gasteiger partial charge on any atom is -0.497 e. The first-order chi connectivity index (χ1) is 18.2. The van der Waals surface area contributed by atoms with E-state index in [4.69, 9.17) is 9.47 Å². The van der Waals surface area contributed by atoms with Gasteiger partial charge in [-0.25, -0.2) is 0 Å². The van der Waals surface area contributed by atoms with Gasteiger partial charge in [0.05, 0.1) is 13.2 Å². The van der Waals surface area contributed by atoms with Crippen LogP contribution in [0.3, 0.4) is 0 Å². The molecule has 0 atom stereocenters. The summed E-state index contributed by atoms with van der Waals surface area (Å²) < 4.78 is 15.6. The average molecular weight is 508 g/mol. The SMILES string of the molecule is COc1cccc(Cc2nsc(Oc3cccc(C(=O)NC(c4ccccc4)c4ccccc4)c3)n2)c1. The van der Waals surface area contributed by atoms with Crippen LogP contribution in [-0.2, 0) is 6.42 Å². The van der Waals surface area contributed by atoms with Crippen LogP contribution in [-0.4, -0.2) is 22.4 Å². The van der Waals surface area contributed by atoms with E-state index in [0.717, 1.165) is 22.4 Å². The first kappa shape index (κ1) is 24.2. The number of carbonyl (C=O) groups is 1. The molecule has 1 aromatic heterocycles. The molecule has 7 heteroatoms. The summed E-state index contributed by atoms with van der Waals surface area (Å²) in [5, 5.41) is 3.59. The zero-order valence-electron chi connectivity index (χ0n) is 20.2. The molecule has 37 heavy (non-hydrogen) atoms. The number of rotatable bonds is 9. The Morgan fingerprint density at radius 2 is 1.51 bits per heavy atom. The van der Waals surface area contributed by atoms with Gasteiger partial charge in [0.1, 0.15) is 11.5 Å². The predicted molar refractivity (Wildman–Crippen MR) is 144 cm³/mol. The standard InChI is InChI=1S/C30H25N3O3S/c1-35-25-16-8-10-21(18-25)19-27-31-30(37-33-27)36-26-17-9-15-24(20-26)29(34)32-28(22-11-4-2-5-12-22)23-13-6-3-7-14-23/h2-18,20,28H,19H2,1H3,(H,32,34). The zero-order chi connectivity index (χ0) is 25.5. The van der Waals surface area contributed by atoms with E-state index in [9.17, 15) is 4.79 Å². The Hall–Kier alpha value is -4.49. The number of hydrogen-bond acceptors (Lipinski definition) is 6. The van der Waals surface area contributed by atoms with Crippen LogP contribution in [0.2, 0.25) is 0 Å². The number of benzene rings is 4. The van der Waals surface area contributed by atoms with Gasteiger partial charge in [-0.2, -0.15) is 9.36 Å². The number of aromatic nitrogens is 2. The summed E-state index contributed by atoms with van der Waals surface area (Å²) in [6.07, 6.45) is 0.569. The molecule has 0 fully saturated rings. The second-order valence-corrected chi connectivity index (χ2v) is 9.08. The molecule has 0 aliphatic carbocycles. The van der Waals surface area contributed by atoms with Gasteiger partial charge in [0.2, 0.25) is 0 Å². The van der Waals surface area contributed by atoms with Crippen LogP contribution >= 0.6 is 11.5 Å². The van der Waals surface area contributed by atoms with Gasteiger partial charge in [-0.05, 0) is 47.0 Å². The largest absolute Gasteiger partial charge is 0.497 e. The van der Waals surface area contributed by atoms with Crippen molar-refractivity contribution in [3.63, 3.8) is 0 Å². The zero-order valence-corrected chi connectivity index (χ0v) is 21.0. The highest BCUT2D eigenvalue weighted by Gasteiger charge is 2.18. The fraction of sp³-hybridized carbons (Fsp3) is 0.100. The second-order valence-electron chi connectivity index (χ2n) is 8.36. The van der Waals surface area contributed by atoms with E-state index in [2.05, 4.69) is 14.7 Å². The molecule has 4 aromatic carbocycles. The van der Waals surface area contributed by atoms with E-state index in [1.807, 2.05) is 84.9 Å². The summed E-state index contributed by atoms with van der Waals surface area (Å²) in [7, 11) is 1.64. The summed E-state index contributed by atoms with van der Waals surface area (Å²) in [5.74, 6) is 1.78. The molecule has 0 aliphatic heterocycles. The van der Waals surface area contributed by atoms with E-state index < -0.39 is 0 Å². The number of nitrogens with one attached hydrogen (secondary N) is 1. The van der Waals surface area contributed by atoms with E-state index in [1.54, 1.807) is 31.4 Å². The fourth-order valence-electron chi connectivity index (χ4n) is 3.98. The Morgan fingerprint density at radius 1 is 0.838 bits per heavy atom. The summed E-state index contributed by atoms with van der Waals surface area (Å²) in [6.45, 7) is 0. The van der Waals surface area contributed by atoms with E-state index >= 15 is 0 Å². The fourth-order valence-corrected chi connectivity index (χ4v) is 4.55. The summed E-state index contributed by atoms with van der Waals surface area (Å²) in [6, 6.07) is 34.4. The van der Waals surface area contributed by atoms with Crippen molar-refractivity contribution in [3.05, 3.63) is 137 Å². The molecule has 6 nitrogen and oxygen atoms in total. The predicted octanol–water partition coefficient (Wildman–Crippen LogP) is 6.45. The van der Waals surface area contributed by atoms with Gasteiger partial charge >= 0.3 is 0 Å². The van der Waals surface area contributed by atoms with Gasteiger partial charge in [-0.1, -0.05) is 78.9 Å². The Bertz CT molecular complexity index is 1430. The maximum atomic E-state index is 13.3. The van der Waals surface area contributed by atoms with E-state index in [0.29, 0.717) is 28.8 Å². The Morgan fingerprint density at radius 3 is 2.22 bits per heavy atom. The molecule has 5 rings (SSSR count). The van der Waals surface area contributed by atoms with Crippen molar-refractivity contribution in [3.8, 4) is 16.7 Å². The molecule has 0 saturated heterocycles. The van der Waals surface area contributed by atoms with Crippen LogP contribution in [0.1, 0.15) is 38.9 Å². The smallest absolute Gasteiger partial charge is 0.298 e. The van der Waals surface area contributed by atoms with Crippen molar-refractivity contribution in [2.45, 2.75) is 12.5 Å². The van der Waals surface area contributed by atoms with Crippen LogP contribution in [0, 0.1) is 0 Å².